The first kappa shape index (κ1) is 12.9. The quantitative estimate of drug-likeness (QED) is 0.685. The van der Waals surface area contributed by atoms with E-state index in [1.165, 1.54) is 19.4 Å². The van der Waals surface area contributed by atoms with E-state index < -0.39 is 0 Å². The van der Waals surface area contributed by atoms with Gasteiger partial charge in [-0.25, -0.2) is 0 Å². The highest BCUT2D eigenvalue weighted by atomic mass is 16.7. The van der Waals surface area contributed by atoms with Crippen molar-refractivity contribution in [2.24, 2.45) is 0 Å². The third-order valence-corrected chi connectivity index (χ3v) is 3.00. The predicted molar refractivity (Wildman–Crippen MR) is 60.9 cm³/mol. The van der Waals surface area contributed by atoms with Gasteiger partial charge in [0.1, 0.15) is 0 Å². The second-order valence-electron chi connectivity index (χ2n) is 4.40. The average Bonchev–Trinajstić information content (AvgIpc) is 2.19. The molecule has 4 nitrogen and oxygen atoms in total. The zero-order valence-corrected chi connectivity index (χ0v) is 10.3. The monoisotopic (exact) mass is 216 g/mol. The number of methoxy groups -OCH3 is 2. The van der Waals surface area contributed by atoms with Crippen LogP contribution in [0.25, 0.3) is 0 Å². The van der Waals surface area contributed by atoms with Crippen molar-refractivity contribution in [3.05, 3.63) is 0 Å². The molecule has 0 aromatic heterocycles. The standard InChI is InChI=1S/C11H24N2O2/c1-9(11(14-3)15-4)12-10-6-5-7-13(2)8-10/h9-12H,5-8H2,1-4H3. The van der Waals surface area contributed by atoms with Gasteiger partial charge in [-0.3, -0.25) is 0 Å². The van der Waals surface area contributed by atoms with Crippen LogP contribution in [0.4, 0.5) is 0 Å². The summed E-state index contributed by atoms with van der Waals surface area (Å²) in [5.41, 5.74) is 0. The summed E-state index contributed by atoms with van der Waals surface area (Å²) >= 11 is 0. The maximum absolute atomic E-state index is 5.23. The Morgan fingerprint density at radius 1 is 1.33 bits per heavy atom. The molecule has 90 valence electrons. The van der Waals surface area contributed by atoms with Crippen molar-refractivity contribution < 1.29 is 9.47 Å². The van der Waals surface area contributed by atoms with Gasteiger partial charge in [0.25, 0.3) is 0 Å². The Labute approximate surface area is 92.9 Å². The summed E-state index contributed by atoms with van der Waals surface area (Å²) in [6, 6.07) is 0.794. The summed E-state index contributed by atoms with van der Waals surface area (Å²) in [6.07, 6.45) is 2.36. The molecule has 0 saturated carbocycles. The summed E-state index contributed by atoms with van der Waals surface area (Å²) in [5, 5.41) is 3.56. The fourth-order valence-corrected chi connectivity index (χ4v) is 2.26. The summed E-state index contributed by atoms with van der Waals surface area (Å²) in [5.74, 6) is 0. The first-order valence-electron chi connectivity index (χ1n) is 5.67. The lowest BCUT2D eigenvalue weighted by atomic mass is 10.1. The highest BCUT2D eigenvalue weighted by molar-refractivity contribution is 4.79. The number of likely N-dealkylation sites (N-methyl/N-ethyl adjacent to an activating group) is 1. The van der Waals surface area contributed by atoms with Gasteiger partial charge >= 0.3 is 0 Å². The number of ether oxygens (including phenoxy) is 2. The Bertz CT molecular complexity index is 174. The highest BCUT2D eigenvalue weighted by Gasteiger charge is 2.22. The maximum atomic E-state index is 5.23. The molecule has 15 heavy (non-hydrogen) atoms. The molecular formula is C11H24N2O2. The van der Waals surface area contributed by atoms with E-state index in [9.17, 15) is 0 Å². The second-order valence-corrected chi connectivity index (χ2v) is 4.40. The Balaban J connectivity index is 2.32. The van der Waals surface area contributed by atoms with Crippen molar-refractivity contribution in [1.29, 1.82) is 0 Å². The molecule has 1 aliphatic rings. The molecule has 0 aromatic rings. The van der Waals surface area contributed by atoms with Crippen LogP contribution in [0.3, 0.4) is 0 Å². The topological polar surface area (TPSA) is 33.7 Å². The molecule has 4 heteroatoms. The number of nitrogens with zero attached hydrogens (tertiary/aromatic N) is 1. The van der Waals surface area contributed by atoms with Gasteiger partial charge in [0, 0.05) is 26.8 Å². The van der Waals surface area contributed by atoms with E-state index in [0.29, 0.717) is 6.04 Å². The van der Waals surface area contributed by atoms with Gasteiger partial charge in [0.2, 0.25) is 0 Å². The van der Waals surface area contributed by atoms with E-state index >= 15 is 0 Å². The van der Waals surface area contributed by atoms with Crippen LogP contribution in [0.2, 0.25) is 0 Å². The van der Waals surface area contributed by atoms with Crippen molar-refractivity contribution in [2.75, 3.05) is 34.4 Å². The molecule has 0 aliphatic carbocycles. The van der Waals surface area contributed by atoms with Crippen molar-refractivity contribution in [1.82, 2.24) is 10.2 Å². The lowest BCUT2D eigenvalue weighted by molar-refractivity contribution is -0.121. The van der Waals surface area contributed by atoms with Crippen LogP contribution in [0.15, 0.2) is 0 Å². The molecular weight excluding hydrogens is 192 g/mol. The van der Waals surface area contributed by atoms with Gasteiger partial charge < -0.3 is 19.7 Å². The van der Waals surface area contributed by atoms with Crippen LogP contribution in [0.1, 0.15) is 19.8 Å². The Morgan fingerprint density at radius 2 is 2.00 bits per heavy atom. The van der Waals surface area contributed by atoms with E-state index in [1.807, 2.05) is 0 Å². The van der Waals surface area contributed by atoms with Gasteiger partial charge in [-0.2, -0.15) is 0 Å². The number of likely N-dealkylation sites (tertiary alicyclic amines) is 1. The predicted octanol–water partition coefficient (Wildman–Crippen LogP) is 0.678. The normalized spacial score (nSPS) is 25.8. The van der Waals surface area contributed by atoms with E-state index in [1.54, 1.807) is 14.2 Å². The first-order chi connectivity index (χ1) is 7.17. The average molecular weight is 216 g/mol. The summed E-state index contributed by atoms with van der Waals surface area (Å²) in [6.45, 7) is 4.43. The van der Waals surface area contributed by atoms with Gasteiger partial charge in [-0.1, -0.05) is 0 Å². The minimum atomic E-state index is -0.155. The van der Waals surface area contributed by atoms with Crippen LogP contribution in [0, 0.1) is 0 Å². The molecule has 1 aliphatic heterocycles. The fraction of sp³-hybridized carbons (Fsp3) is 1.00. The molecule has 2 atom stereocenters. The summed E-state index contributed by atoms with van der Waals surface area (Å²) in [7, 11) is 5.53. The van der Waals surface area contributed by atoms with E-state index in [4.69, 9.17) is 9.47 Å². The lowest BCUT2D eigenvalue weighted by Crippen LogP contribution is -2.51. The van der Waals surface area contributed by atoms with Crippen LogP contribution >= 0.6 is 0 Å². The molecule has 0 aromatic carbocycles. The van der Waals surface area contributed by atoms with Crippen LogP contribution < -0.4 is 5.32 Å². The minimum Gasteiger partial charge on any atom is -0.354 e. The van der Waals surface area contributed by atoms with E-state index in [0.717, 1.165) is 6.54 Å². The minimum absolute atomic E-state index is 0.155. The molecule has 1 rings (SSSR count). The number of nitrogens with one attached hydrogen (secondary N) is 1. The zero-order valence-electron chi connectivity index (χ0n) is 10.3. The molecule has 0 bridgehead atoms. The van der Waals surface area contributed by atoms with Crippen molar-refractivity contribution >= 4 is 0 Å². The Kier molecular flexibility index (Phi) is 5.53. The Hall–Kier alpha value is -0.160. The first-order valence-corrected chi connectivity index (χ1v) is 5.67. The summed E-state index contributed by atoms with van der Waals surface area (Å²) < 4.78 is 10.5. The highest BCUT2D eigenvalue weighted by Crippen LogP contribution is 2.10. The number of piperidine rings is 1. The number of rotatable bonds is 5. The second kappa shape index (κ2) is 6.43. The molecule has 1 saturated heterocycles. The third-order valence-electron chi connectivity index (χ3n) is 3.00. The van der Waals surface area contributed by atoms with Crippen LogP contribution in [0.5, 0.6) is 0 Å². The van der Waals surface area contributed by atoms with Crippen molar-refractivity contribution in [3.8, 4) is 0 Å². The SMILES string of the molecule is COC(OC)C(C)NC1CCCN(C)C1. The van der Waals surface area contributed by atoms with Gasteiger partial charge in [0.15, 0.2) is 6.29 Å². The molecule has 0 radical (unpaired) electrons. The molecule has 0 amide bonds. The van der Waals surface area contributed by atoms with Crippen molar-refractivity contribution in [2.45, 2.75) is 38.1 Å². The number of hydrogen-bond donors (Lipinski definition) is 1. The lowest BCUT2D eigenvalue weighted by Gasteiger charge is -2.34. The third kappa shape index (κ3) is 4.07. The zero-order chi connectivity index (χ0) is 11.3. The fourth-order valence-electron chi connectivity index (χ4n) is 2.26. The smallest absolute Gasteiger partial charge is 0.171 e. The van der Waals surface area contributed by atoms with E-state index in [2.05, 4.69) is 24.2 Å². The summed E-state index contributed by atoms with van der Waals surface area (Å²) in [4.78, 5) is 2.36. The van der Waals surface area contributed by atoms with Crippen LogP contribution in [-0.4, -0.2) is 57.6 Å². The number of hydrogen-bond acceptors (Lipinski definition) is 4. The molecule has 2 unspecified atom stereocenters. The van der Waals surface area contributed by atoms with Gasteiger partial charge in [-0.05, 0) is 33.4 Å². The van der Waals surface area contributed by atoms with Gasteiger partial charge in [0.05, 0.1) is 6.04 Å². The largest absolute Gasteiger partial charge is 0.354 e. The van der Waals surface area contributed by atoms with Crippen molar-refractivity contribution in [3.63, 3.8) is 0 Å². The van der Waals surface area contributed by atoms with Crippen LogP contribution in [-0.2, 0) is 9.47 Å². The molecule has 1 heterocycles. The Morgan fingerprint density at radius 3 is 2.53 bits per heavy atom. The van der Waals surface area contributed by atoms with Gasteiger partial charge in [-0.15, -0.1) is 0 Å². The van der Waals surface area contributed by atoms with E-state index in [-0.39, 0.29) is 12.3 Å². The maximum Gasteiger partial charge on any atom is 0.171 e. The molecule has 1 fully saturated rings. The molecule has 1 N–H and O–H groups in total. The molecule has 0 spiro atoms.